The van der Waals surface area contributed by atoms with E-state index < -0.39 is 0 Å². The minimum Gasteiger partial charge on any atom is -0.358 e. The summed E-state index contributed by atoms with van der Waals surface area (Å²) in [5.74, 6) is 0.0856. The van der Waals surface area contributed by atoms with Crippen LogP contribution in [0.15, 0.2) is 18.2 Å². The van der Waals surface area contributed by atoms with Gasteiger partial charge in [-0.1, -0.05) is 18.2 Å². The first-order chi connectivity index (χ1) is 8.15. The quantitative estimate of drug-likeness (QED) is 0.793. The molecule has 0 aromatic heterocycles. The maximum Gasteiger partial charge on any atom is 0.242 e. The molecule has 1 amide bonds. The minimum absolute atomic E-state index is 0.0856. The Labute approximate surface area is 102 Å². The summed E-state index contributed by atoms with van der Waals surface area (Å²) in [6.45, 7) is 6.03. The predicted molar refractivity (Wildman–Crippen MR) is 68.9 cm³/mol. The molecule has 0 aliphatic carbocycles. The van der Waals surface area contributed by atoms with Crippen LogP contribution in [0.5, 0.6) is 0 Å². The second-order valence-electron chi connectivity index (χ2n) is 4.45. The lowest BCUT2D eigenvalue weighted by atomic mass is 10.0. The molecule has 1 unspecified atom stereocenters. The first-order valence-electron chi connectivity index (χ1n) is 5.98. The van der Waals surface area contributed by atoms with Gasteiger partial charge in [-0.3, -0.25) is 4.79 Å². The zero-order valence-electron chi connectivity index (χ0n) is 10.4. The third-order valence-electron chi connectivity index (χ3n) is 3.33. The Morgan fingerprint density at radius 1 is 1.53 bits per heavy atom. The Morgan fingerprint density at radius 3 is 3.00 bits per heavy atom. The lowest BCUT2D eigenvalue weighted by Gasteiger charge is -2.36. The van der Waals surface area contributed by atoms with Crippen molar-refractivity contribution in [2.45, 2.75) is 26.4 Å². The van der Waals surface area contributed by atoms with Gasteiger partial charge < -0.3 is 16.0 Å². The molecule has 1 aromatic carbocycles. The zero-order chi connectivity index (χ0) is 12.4. The Kier molecular flexibility index (Phi) is 3.33. The van der Waals surface area contributed by atoms with Gasteiger partial charge in [0.25, 0.3) is 0 Å². The summed E-state index contributed by atoms with van der Waals surface area (Å²) in [6.07, 6.45) is 0. The predicted octanol–water partition coefficient (Wildman–Crippen LogP) is 0.778. The molecular weight excluding hydrogens is 214 g/mol. The summed E-state index contributed by atoms with van der Waals surface area (Å²) >= 11 is 0. The molecule has 1 aliphatic rings. The number of nitrogens with two attached hydrogens (primary N) is 1. The average Bonchev–Trinajstić information content (AvgIpc) is 2.33. The van der Waals surface area contributed by atoms with Crippen molar-refractivity contribution >= 4 is 11.6 Å². The highest BCUT2D eigenvalue weighted by molar-refractivity contribution is 5.86. The van der Waals surface area contributed by atoms with E-state index in [2.05, 4.69) is 23.2 Å². The van der Waals surface area contributed by atoms with Gasteiger partial charge in [0, 0.05) is 25.3 Å². The molecule has 3 N–H and O–H groups in total. The topological polar surface area (TPSA) is 58.4 Å². The molecule has 17 heavy (non-hydrogen) atoms. The zero-order valence-corrected chi connectivity index (χ0v) is 10.4. The second-order valence-corrected chi connectivity index (χ2v) is 4.45. The number of carbonyl (C=O) groups excluding carboxylic acids is 1. The van der Waals surface area contributed by atoms with Crippen LogP contribution >= 0.6 is 0 Å². The Balaban J connectivity index is 2.41. The standard InChI is InChI=1S/C13H19N3O/c1-9-4-3-5-11(8-14)12(9)16-7-6-15-13(17)10(16)2/h3-5,10H,6-8,14H2,1-2H3,(H,15,17). The highest BCUT2D eigenvalue weighted by atomic mass is 16.2. The minimum atomic E-state index is -0.129. The van der Waals surface area contributed by atoms with E-state index in [-0.39, 0.29) is 11.9 Å². The Morgan fingerprint density at radius 2 is 2.29 bits per heavy atom. The fourth-order valence-corrected chi connectivity index (χ4v) is 2.38. The lowest BCUT2D eigenvalue weighted by molar-refractivity contribution is -0.122. The summed E-state index contributed by atoms with van der Waals surface area (Å²) in [4.78, 5) is 13.9. The van der Waals surface area contributed by atoms with Gasteiger partial charge in [0.1, 0.15) is 6.04 Å². The molecular formula is C13H19N3O. The smallest absolute Gasteiger partial charge is 0.242 e. The van der Waals surface area contributed by atoms with Gasteiger partial charge in [-0.15, -0.1) is 0 Å². The number of amides is 1. The molecule has 1 atom stereocenters. The van der Waals surface area contributed by atoms with E-state index in [4.69, 9.17) is 5.73 Å². The summed E-state index contributed by atoms with van der Waals surface area (Å²) in [7, 11) is 0. The van der Waals surface area contributed by atoms with Gasteiger partial charge in [0.05, 0.1) is 0 Å². The van der Waals surface area contributed by atoms with E-state index in [9.17, 15) is 4.79 Å². The Bertz CT molecular complexity index is 431. The van der Waals surface area contributed by atoms with Crippen LogP contribution in [0.3, 0.4) is 0 Å². The maximum atomic E-state index is 11.7. The lowest BCUT2D eigenvalue weighted by Crippen LogP contribution is -2.54. The molecule has 1 aromatic rings. The third-order valence-corrected chi connectivity index (χ3v) is 3.33. The largest absolute Gasteiger partial charge is 0.358 e. The van der Waals surface area contributed by atoms with Crippen molar-refractivity contribution in [1.82, 2.24) is 5.32 Å². The van der Waals surface area contributed by atoms with E-state index in [1.807, 2.05) is 19.1 Å². The van der Waals surface area contributed by atoms with Crippen LogP contribution < -0.4 is 16.0 Å². The van der Waals surface area contributed by atoms with Crippen LogP contribution in [-0.4, -0.2) is 25.0 Å². The van der Waals surface area contributed by atoms with Gasteiger partial charge in [-0.25, -0.2) is 0 Å². The number of aryl methyl sites for hydroxylation is 1. The molecule has 4 heteroatoms. The van der Waals surface area contributed by atoms with Crippen molar-refractivity contribution in [2.24, 2.45) is 5.73 Å². The number of rotatable bonds is 2. The van der Waals surface area contributed by atoms with Crippen LogP contribution in [-0.2, 0) is 11.3 Å². The van der Waals surface area contributed by atoms with E-state index in [0.717, 1.165) is 17.8 Å². The van der Waals surface area contributed by atoms with Crippen molar-refractivity contribution in [3.8, 4) is 0 Å². The molecule has 0 radical (unpaired) electrons. The van der Waals surface area contributed by atoms with Gasteiger partial charge >= 0.3 is 0 Å². The number of piperazine rings is 1. The fraction of sp³-hybridized carbons (Fsp3) is 0.462. The molecule has 1 heterocycles. The first kappa shape index (κ1) is 11.9. The molecule has 92 valence electrons. The number of hydrogen-bond acceptors (Lipinski definition) is 3. The molecule has 1 fully saturated rings. The number of nitrogens with zero attached hydrogens (tertiary/aromatic N) is 1. The van der Waals surface area contributed by atoms with Gasteiger partial charge in [-0.05, 0) is 25.0 Å². The number of anilines is 1. The van der Waals surface area contributed by atoms with Crippen LogP contribution in [0.4, 0.5) is 5.69 Å². The highest BCUT2D eigenvalue weighted by Gasteiger charge is 2.27. The molecule has 2 rings (SSSR count). The van der Waals surface area contributed by atoms with Gasteiger partial charge in [0.2, 0.25) is 5.91 Å². The van der Waals surface area contributed by atoms with E-state index in [1.165, 1.54) is 5.56 Å². The molecule has 0 saturated carbocycles. The normalized spacial score (nSPS) is 20.3. The van der Waals surface area contributed by atoms with Crippen molar-refractivity contribution in [3.05, 3.63) is 29.3 Å². The molecule has 4 nitrogen and oxygen atoms in total. The van der Waals surface area contributed by atoms with Gasteiger partial charge in [0.15, 0.2) is 0 Å². The SMILES string of the molecule is Cc1cccc(CN)c1N1CCNC(=O)C1C. The first-order valence-corrected chi connectivity index (χ1v) is 5.98. The molecule has 1 saturated heterocycles. The van der Waals surface area contributed by atoms with Crippen molar-refractivity contribution < 1.29 is 4.79 Å². The van der Waals surface area contributed by atoms with Crippen LogP contribution in [0.1, 0.15) is 18.1 Å². The highest BCUT2D eigenvalue weighted by Crippen LogP contribution is 2.27. The molecule has 1 aliphatic heterocycles. The van der Waals surface area contributed by atoms with E-state index in [1.54, 1.807) is 0 Å². The second kappa shape index (κ2) is 4.75. The maximum absolute atomic E-state index is 11.7. The third kappa shape index (κ3) is 2.13. The van der Waals surface area contributed by atoms with Gasteiger partial charge in [-0.2, -0.15) is 0 Å². The summed E-state index contributed by atoms with van der Waals surface area (Å²) < 4.78 is 0. The summed E-state index contributed by atoms with van der Waals surface area (Å²) in [6, 6.07) is 5.97. The van der Waals surface area contributed by atoms with Crippen LogP contribution in [0.25, 0.3) is 0 Å². The number of carbonyl (C=O) groups is 1. The monoisotopic (exact) mass is 233 g/mol. The van der Waals surface area contributed by atoms with E-state index in [0.29, 0.717) is 13.1 Å². The average molecular weight is 233 g/mol. The van der Waals surface area contributed by atoms with Crippen molar-refractivity contribution in [2.75, 3.05) is 18.0 Å². The molecule has 0 spiro atoms. The summed E-state index contributed by atoms with van der Waals surface area (Å²) in [5, 5.41) is 2.88. The number of hydrogen-bond donors (Lipinski definition) is 2. The fourth-order valence-electron chi connectivity index (χ4n) is 2.38. The van der Waals surface area contributed by atoms with E-state index >= 15 is 0 Å². The number of para-hydroxylation sites is 1. The summed E-state index contributed by atoms with van der Waals surface area (Å²) in [5.41, 5.74) is 9.18. The Hall–Kier alpha value is -1.55. The number of nitrogens with one attached hydrogen (secondary N) is 1. The van der Waals surface area contributed by atoms with Crippen LogP contribution in [0.2, 0.25) is 0 Å². The van der Waals surface area contributed by atoms with Crippen molar-refractivity contribution in [3.63, 3.8) is 0 Å². The number of benzene rings is 1. The molecule has 0 bridgehead atoms. The van der Waals surface area contributed by atoms with Crippen molar-refractivity contribution in [1.29, 1.82) is 0 Å². The van der Waals surface area contributed by atoms with Crippen LogP contribution in [0, 0.1) is 6.92 Å².